The van der Waals surface area contributed by atoms with Crippen molar-refractivity contribution in [2.24, 2.45) is 0 Å². The molecule has 2 amide bonds. The Labute approximate surface area is 181 Å². The largest absolute Gasteiger partial charge is 0.443 e. The summed E-state index contributed by atoms with van der Waals surface area (Å²) in [5.41, 5.74) is 2.31. The second kappa shape index (κ2) is 6.61. The molecule has 1 saturated carbocycles. The highest BCUT2D eigenvalue weighted by Gasteiger charge is 2.60. The lowest BCUT2D eigenvalue weighted by atomic mass is 9.89. The van der Waals surface area contributed by atoms with Crippen LogP contribution >= 0.6 is 11.6 Å². The Morgan fingerprint density at radius 3 is 2.70 bits per heavy atom. The maximum Gasteiger partial charge on any atom is 0.417 e. The predicted octanol–water partition coefficient (Wildman–Crippen LogP) is 4.30. The number of hydrogen-bond acceptors (Lipinski definition) is 5. The Morgan fingerprint density at radius 2 is 2.10 bits per heavy atom. The van der Waals surface area contributed by atoms with Crippen LogP contribution in [0.4, 0.5) is 4.79 Å². The van der Waals surface area contributed by atoms with Crippen LogP contribution < -0.4 is 5.32 Å². The number of carbonyl (C=O) groups is 2. The molecule has 3 atom stereocenters. The summed E-state index contributed by atoms with van der Waals surface area (Å²) in [4.78, 5) is 27.9. The number of carbonyl (C=O) groups excluding carboxylic acids is 2. The highest BCUT2D eigenvalue weighted by Crippen LogP contribution is 2.54. The summed E-state index contributed by atoms with van der Waals surface area (Å²) in [5.74, 6) is -0.490. The second-order valence-corrected chi connectivity index (χ2v) is 9.76. The molecule has 1 aromatic carbocycles. The van der Waals surface area contributed by atoms with E-state index in [1.54, 1.807) is 26.8 Å². The van der Waals surface area contributed by atoms with Crippen LogP contribution in [0, 0.1) is 11.3 Å². The van der Waals surface area contributed by atoms with Gasteiger partial charge >= 0.3 is 6.09 Å². The van der Waals surface area contributed by atoms with Crippen molar-refractivity contribution in [3.8, 4) is 6.07 Å². The number of halogens is 1. The molecule has 5 aliphatic heterocycles. The second-order valence-electron chi connectivity index (χ2n) is 9.35. The monoisotopic (exact) mass is 425 g/mol. The Bertz CT molecular complexity index is 1080. The number of imide groups is 1. The van der Waals surface area contributed by atoms with Gasteiger partial charge in [-0.05, 0) is 57.4 Å². The summed E-state index contributed by atoms with van der Waals surface area (Å²) in [5, 5.41) is 13.5. The van der Waals surface area contributed by atoms with Crippen molar-refractivity contribution in [1.29, 1.82) is 5.26 Å². The zero-order valence-corrected chi connectivity index (χ0v) is 18.4. The van der Waals surface area contributed by atoms with E-state index in [1.165, 1.54) is 4.90 Å². The lowest BCUT2D eigenvalue weighted by molar-refractivity contribution is -0.132. The van der Waals surface area contributed by atoms with Crippen LogP contribution in [0.3, 0.4) is 0 Å². The molecule has 6 aliphatic rings. The minimum Gasteiger partial charge on any atom is -0.443 e. The quantitative estimate of drug-likeness (QED) is 0.670. The first-order valence-corrected chi connectivity index (χ1v) is 10.3. The molecule has 0 saturated heterocycles. The van der Waals surface area contributed by atoms with Gasteiger partial charge in [0, 0.05) is 21.7 Å². The summed E-state index contributed by atoms with van der Waals surface area (Å²) in [6.07, 6.45) is 1.56. The van der Waals surface area contributed by atoms with Crippen LogP contribution in [0.5, 0.6) is 0 Å². The number of ether oxygens (including phenoxy) is 1. The first-order valence-electron chi connectivity index (χ1n) is 9.92. The van der Waals surface area contributed by atoms with Gasteiger partial charge in [-0.2, -0.15) is 5.26 Å². The van der Waals surface area contributed by atoms with Gasteiger partial charge in [-0.25, -0.2) is 9.69 Å². The Hall–Kier alpha value is -2.78. The van der Waals surface area contributed by atoms with Gasteiger partial charge in [0.1, 0.15) is 11.6 Å². The number of hydrogen-bond donors (Lipinski definition) is 1. The first-order chi connectivity index (χ1) is 14.0. The lowest BCUT2D eigenvalue weighted by Gasteiger charge is -2.33. The third-order valence-electron chi connectivity index (χ3n) is 5.98. The van der Waals surface area contributed by atoms with E-state index in [9.17, 15) is 14.9 Å². The molecule has 6 nitrogen and oxygen atoms in total. The summed E-state index contributed by atoms with van der Waals surface area (Å²) < 4.78 is 5.57. The van der Waals surface area contributed by atoms with E-state index in [0.29, 0.717) is 11.4 Å². The molecule has 1 aliphatic carbocycles. The highest BCUT2D eigenvalue weighted by molar-refractivity contribution is 6.31. The summed E-state index contributed by atoms with van der Waals surface area (Å²) >= 11 is 6.65. The SMILES string of the molecule is CC1=C2C=C(C#N)C(N1)C(=O)N(C(=O)OC(C)(C)C)C1CC1(C)c1ccc2cc1Cl. The van der Waals surface area contributed by atoms with Gasteiger partial charge < -0.3 is 10.1 Å². The van der Waals surface area contributed by atoms with Crippen LogP contribution in [-0.2, 0) is 14.9 Å². The van der Waals surface area contributed by atoms with Crippen molar-refractivity contribution in [3.05, 3.63) is 51.7 Å². The average molecular weight is 426 g/mol. The van der Waals surface area contributed by atoms with Crippen LogP contribution in [0.15, 0.2) is 35.5 Å². The smallest absolute Gasteiger partial charge is 0.417 e. The number of allylic oxidation sites excluding steroid dienone is 3. The van der Waals surface area contributed by atoms with Gasteiger partial charge in [-0.3, -0.25) is 4.79 Å². The van der Waals surface area contributed by atoms with E-state index < -0.39 is 35.1 Å². The van der Waals surface area contributed by atoms with Crippen LogP contribution in [0.2, 0.25) is 5.02 Å². The van der Waals surface area contributed by atoms with Crippen molar-refractivity contribution >= 4 is 29.2 Å². The molecule has 156 valence electrons. The van der Waals surface area contributed by atoms with E-state index in [1.807, 2.05) is 32.0 Å². The molecule has 0 aromatic heterocycles. The van der Waals surface area contributed by atoms with E-state index in [4.69, 9.17) is 16.3 Å². The van der Waals surface area contributed by atoms with E-state index in [-0.39, 0.29) is 5.57 Å². The summed E-state index contributed by atoms with van der Waals surface area (Å²) in [6.45, 7) is 9.10. The first kappa shape index (κ1) is 20.5. The van der Waals surface area contributed by atoms with Crippen LogP contribution in [-0.4, -0.2) is 34.6 Å². The van der Waals surface area contributed by atoms with Crippen molar-refractivity contribution in [1.82, 2.24) is 10.2 Å². The molecule has 30 heavy (non-hydrogen) atoms. The molecule has 1 N–H and O–H groups in total. The molecule has 4 bridgehead atoms. The Morgan fingerprint density at radius 1 is 1.40 bits per heavy atom. The predicted molar refractivity (Wildman–Crippen MR) is 114 cm³/mol. The Balaban J connectivity index is 1.91. The minimum absolute atomic E-state index is 0.247. The molecule has 1 aromatic rings. The van der Waals surface area contributed by atoms with Crippen molar-refractivity contribution in [2.45, 2.75) is 64.1 Å². The summed E-state index contributed by atoms with van der Waals surface area (Å²) in [6, 6.07) is 6.57. The fraction of sp³-hybridized carbons (Fsp3) is 0.435. The maximum absolute atomic E-state index is 13.6. The fourth-order valence-electron chi connectivity index (χ4n) is 4.29. The molecule has 0 radical (unpaired) electrons. The highest BCUT2D eigenvalue weighted by atomic mass is 35.5. The molecule has 5 heterocycles. The fourth-order valence-corrected chi connectivity index (χ4v) is 4.68. The number of amides is 2. The van der Waals surface area contributed by atoms with Crippen molar-refractivity contribution in [2.75, 3.05) is 0 Å². The Kier molecular flexibility index (Phi) is 4.52. The molecule has 3 unspecified atom stereocenters. The van der Waals surface area contributed by atoms with Gasteiger partial charge in [0.15, 0.2) is 0 Å². The van der Waals surface area contributed by atoms with Crippen molar-refractivity contribution < 1.29 is 14.3 Å². The average Bonchev–Trinajstić information content (AvgIpc) is 3.30. The van der Waals surface area contributed by atoms with Crippen molar-refractivity contribution in [3.63, 3.8) is 0 Å². The number of benzene rings is 1. The third kappa shape index (κ3) is 3.18. The maximum atomic E-state index is 13.6. The molecular formula is C23H24ClN3O3. The number of nitrogens with zero attached hydrogens (tertiary/aromatic N) is 2. The van der Waals surface area contributed by atoms with E-state index in [0.717, 1.165) is 22.4 Å². The van der Waals surface area contributed by atoms with Crippen LogP contribution in [0.25, 0.3) is 5.57 Å². The minimum atomic E-state index is -0.942. The molecular weight excluding hydrogens is 402 g/mol. The summed E-state index contributed by atoms with van der Waals surface area (Å²) in [7, 11) is 0. The van der Waals surface area contributed by atoms with E-state index >= 15 is 0 Å². The van der Waals surface area contributed by atoms with Gasteiger partial charge in [-0.1, -0.05) is 30.7 Å². The molecule has 7 heteroatoms. The molecule has 1 fully saturated rings. The topological polar surface area (TPSA) is 82.4 Å². The normalized spacial score (nSPS) is 27.4. The lowest BCUT2D eigenvalue weighted by Crippen LogP contribution is -2.53. The van der Waals surface area contributed by atoms with E-state index in [2.05, 4.69) is 11.4 Å². The number of rotatable bonds is 0. The van der Waals surface area contributed by atoms with Crippen LogP contribution in [0.1, 0.15) is 52.2 Å². The van der Waals surface area contributed by atoms with Gasteiger partial charge in [0.05, 0.1) is 17.7 Å². The zero-order chi connectivity index (χ0) is 22.0. The van der Waals surface area contributed by atoms with Gasteiger partial charge in [-0.15, -0.1) is 0 Å². The number of nitrogens with one attached hydrogen (secondary N) is 1. The molecule has 0 spiro atoms. The van der Waals surface area contributed by atoms with Gasteiger partial charge in [0.2, 0.25) is 0 Å². The third-order valence-corrected chi connectivity index (χ3v) is 6.29. The number of nitriles is 1. The molecule has 7 rings (SSSR count). The van der Waals surface area contributed by atoms with Gasteiger partial charge in [0.25, 0.3) is 5.91 Å². The number of dihydropyridines is 1. The standard InChI is InChI=1S/C23H24ClN3O3/c1-12-15-8-14(11-25)19(26-12)20(28)27(21(29)30-22(2,3)4)18-10-23(18,5)16-7-6-13(15)9-17(16)24/h6-9,18-19,26H,10H2,1-5H3. The zero-order valence-electron chi connectivity index (χ0n) is 17.7.